The number of hydrogen-bond acceptors (Lipinski definition) is 6. The lowest BCUT2D eigenvalue weighted by Crippen LogP contribution is -2.36. The third-order valence-corrected chi connectivity index (χ3v) is 5.42. The molecule has 1 atom stereocenters. The number of methoxy groups -OCH3 is 1. The summed E-state index contributed by atoms with van der Waals surface area (Å²) in [6.07, 6.45) is 6.25. The summed E-state index contributed by atoms with van der Waals surface area (Å²) in [6.45, 7) is 7.79. The molecule has 27 heavy (non-hydrogen) atoms. The molecule has 0 radical (unpaired) electrons. The molecule has 0 unspecified atom stereocenters. The summed E-state index contributed by atoms with van der Waals surface area (Å²) in [5, 5.41) is 6.81. The highest BCUT2D eigenvalue weighted by atomic mass is 32.1. The van der Waals surface area contributed by atoms with Gasteiger partial charge in [-0.1, -0.05) is 6.92 Å². The van der Waals surface area contributed by atoms with Crippen molar-refractivity contribution < 1.29 is 4.74 Å². The largest absolute Gasteiger partial charge is 0.383 e. The second-order valence-electron chi connectivity index (χ2n) is 7.52. The van der Waals surface area contributed by atoms with E-state index in [0.29, 0.717) is 30.1 Å². The SMILES string of the molecule is COCCNC(=S)Nc1nc(N2CCCCC2)cc(N2CCC[C@H](C)C2)n1. The first-order valence-electron chi connectivity index (χ1n) is 10.1. The molecule has 2 aliphatic heterocycles. The van der Waals surface area contributed by atoms with Crippen LogP contribution in [0.4, 0.5) is 17.6 Å². The molecule has 0 saturated carbocycles. The Kier molecular flexibility index (Phi) is 7.46. The van der Waals surface area contributed by atoms with Crippen molar-refractivity contribution in [2.45, 2.75) is 39.0 Å². The van der Waals surface area contributed by atoms with E-state index in [2.05, 4.69) is 33.4 Å². The molecule has 8 heteroatoms. The molecule has 2 aliphatic rings. The minimum atomic E-state index is 0.529. The number of aromatic nitrogens is 2. The lowest BCUT2D eigenvalue weighted by molar-refractivity contribution is 0.204. The van der Waals surface area contributed by atoms with Crippen molar-refractivity contribution in [3.63, 3.8) is 0 Å². The van der Waals surface area contributed by atoms with E-state index in [9.17, 15) is 0 Å². The quantitative estimate of drug-likeness (QED) is 0.566. The normalized spacial score (nSPS) is 20.4. The molecule has 0 spiro atoms. The van der Waals surface area contributed by atoms with Gasteiger partial charge in [-0.15, -0.1) is 0 Å². The van der Waals surface area contributed by atoms with Crippen molar-refractivity contribution in [3.8, 4) is 0 Å². The Morgan fingerprint density at radius 1 is 1.15 bits per heavy atom. The van der Waals surface area contributed by atoms with Crippen LogP contribution in [0.3, 0.4) is 0 Å². The lowest BCUT2D eigenvalue weighted by Gasteiger charge is -2.33. The highest BCUT2D eigenvalue weighted by Gasteiger charge is 2.21. The zero-order valence-corrected chi connectivity index (χ0v) is 17.4. The minimum absolute atomic E-state index is 0.529. The summed E-state index contributed by atoms with van der Waals surface area (Å²) in [4.78, 5) is 14.3. The molecule has 7 nitrogen and oxygen atoms in total. The van der Waals surface area contributed by atoms with Crippen molar-refractivity contribution in [1.29, 1.82) is 0 Å². The van der Waals surface area contributed by atoms with E-state index in [4.69, 9.17) is 26.9 Å². The van der Waals surface area contributed by atoms with Gasteiger partial charge in [0.1, 0.15) is 11.6 Å². The number of anilines is 3. The van der Waals surface area contributed by atoms with Crippen molar-refractivity contribution >= 4 is 34.9 Å². The molecule has 2 saturated heterocycles. The van der Waals surface area contributed by atoms with Crippen LogP contribution < -0.4 is 20.4 Å². The molecule has 2 fully saturated rings. The van der Waals surface area contributed by atoms with Crippen molar-refractivity contribution in [3.05, 3.63) is 6.07 Å². The number of piperidine rings is 2. The van der Waals surface area contributed by atoms with E-state index >= 15 is 0 Å². The average molecular weight is 393 g/mol. The molecule has 150 valence electrons. The summed E-state index contributed by atoms with van der Waals surface area (Å²) < 4.78 is 5.05. The van der Waals surface area contributed by atoms with Crippen molar-refractivity contribution in [1.82, 2.24) is 15.3 Å². The van der Waals surface area contributed by atoms with Crippen LogP contribution in [-0.2, 0) is 4.74 Å². The topological polar surface area (TPSA) is 65.6 Å². The van der Waals surface area contributed by atoms with Gasteiger partial charge in [-0.25, -0.2) is 0 Å². The average Bonchev–Trinajstić information content (AvgIpc) is 2.68. The number of ether oxygens (including phenoxy) is 1. The van der Waals surface area contributed by atoms with Crippen LogP contribution in [0, 0.1) is 5.92 Å². The lowest BCUT2D eigenvalue weighted by atomic mass is 10.0. The van der Waals surface area contributed by atoms with Crippen LogP contribution in [0.1, 0.15) is 39.0 Å². The summed E-state index contributed by atoms with van der Waals surface area (Å²) in [5.41, 5.74) is 0. The van der Waals surface area contributed by atoms with E-state index in [1.165, 1.54) is 32.1 Å². The summed E-state index contributed by atoms with van der Waals surface area (Å²) in [6, 6.07) is 2.15. The molecule has 0 aromatic carbocycles. The Balaban J connectivity index is 1.78. The molecule has 3 rings (SSSR count). The molecule has 2 N–H and O–H groups in total. The first kappa shape index (κ1) is 20.1. The number of thiocarbonyl (C=S) groups is 1. The van der Waals surface area contributed by atoms with Crippen LogP contribution in [0.2, 0.25) is 0 Å². The van der Waals surface area contributed by atoms with Gasteiger partial charge < -0.3 is 25.2 Å². The minimum Gasteiger partial charge on any atom is -0.383 e. The van der Waals surface area contributed by atoms with Crippen LogP contribution in [-0.4, -0.2) is 61.5 Å². The van der Waals surface area contributed by atoms with Crippen LogP contribution in [0.15, 0.2) is 6.07 Å². The monoisotopic (exact) mass is 392 g/mol. The van der Waals surface area contributed by atoms with Crippen LogP contribution >= 0.6 is 12.2 Å². The summed E-state index contributed by atoms with van der Waals surface area (Å²) >= 11 is 5.38. The van der Waals surface area contributed by atoms with E-state index in [-0.39, 0.29) is 0 Å². The van der Waals surface area contributed by atoms with Crippen molar-refractivity contribution in [2.75, 3.05) is 61.6 Å². The molecule has 1 aromatic rings. The summed E-state index contributed by atoms with van der Waals surface area (Å²) in [5.74, 6) is 3.26. The Hall–Kier alpha value is -1.67. The maximum Gasteiger partial charge on any atom is 0.232 e. The first-order chi connectivity index (χ1) is 13.2. The molecule has 0 amide bonds. The van der Waals surface area contributed by atoms with Gasteiger partial charge in [-0.05, 0) is 50.2 Å². The van der Waals surface area contributed by atoms with Crippen LogP contribution in [0.5, 0.6) is 0 Å². The summed E-state index contributed by atoms with van der Waals surface area (Å²) in [7, 11) is 1.68. The molecular weight excluding hydrogens is 360 g/mol. The highest BCUT2D eigenvalue weighted by molar-refractivity contribution is 7.80. The zero-order valence-electron chi connectivity index (χ0n) is 16.5. The molecular formula is C19H32N6OS. The molecule has 0 aliphatic carbocycles. The zero-order chi connectivity index (χ0) is 19.1. The Morgan fingerprint density at radius 2 is 1.85 bits per heavy atom. The van der Waals surface area contributed by atoms with Gasteiger partial charge in [0, 0.05) is 45.9 Å². The predicted octanol–water partition coefficient (Wildman–Crippen LogP) is 2.64. The first-order valence-corrected chi connectivity index (χ1v) is 10.5. The number of rotatable bonds is 6. The Morgan fingerprint density at radius 3 is 2.56 bits per heavy atom. The maximum absolute atomic E-state index is 5.38. The fourth-order valence-corrected chi connectivity index (χ4v) is 3.93. The fourth-order valence-electron chi connectivity index (χ4n) is 3.73. The smallest absolute Gasteiger partial charge is 0.232 e. The van der Waals surface area contributed by atoms with Crippen LogP contribution in [0.25, 0.3) is 0 Å². The Labute approximate surface area is 167 Å². The van der Waals surface area contributed by atoms with Gasteiger partial charge in [0.05, 0.1) is 6.61 Å². The van der Waals surface area contributed by atoms with Gasteiger partial charge in [0.15, 0.2) is 5.11 Å². The highest BCUT2D eigenvalue weighted by Crippen LogP contribution is 2.27. The number of hydrogen-bond donors (Lipinski definition) is 2. The van der Waals surface area contributed by atoms with E-state index in [1.807, 2.05) is 0 Å². The van der Waals surface area contributed by atoms with E-state index < -0.39 is 0 Å². The van der Waals surface area contributed by atoms with E-state index in [0.717, 1.165) is 37.8 Å². The second-order valence-corrected chi connectivity index (χ2v) is 7.93. The van der Waals surface area contributed by atoms with Gasteiger partial charge in [-0.3, -0.25) is 0 Å². The maximum atomic E-state index is 5.38. The van der Waals surface area contributed by atoms with Gasteiger partial charge in [-0.2, -0.15) is 9.97 Å². The molecule has 3 heterocycles. The standard InChI is InChI=1S/C19H32N6OS/c1-15-7-6-11-25(14-15)17-13-16(24-9-4-3-5-10-24)21-18(22-17)23-19(27)20-8-12-26-2/h13,15H,3-12,14H2,1-2H3,(H2,20,21,22,23,27)/t15-/m0/s1. The Bertz CT molecular complexity index is 622. The molecule has 1 aromatic heterocycles. The third-order valence-electron chi connectivity index (χ3n) is 5.18. The van der Waals surface area contributed by atoms with Gasteiger partial charge in [0.2, 0.25) is 5.95 Å². The second kappa shape index (κ2) is 10.0. The predicted molar refractivity (Wildman–Crippen MR) is 115 cm³/mol. The van der Waals surface area contributed by atoms with Gasteiger partial charge in [0.25, 0.3) is 0 Å². The van der Waals surface area contributed by atoms with E-state index in [1.54, 1.807) is 7.11 Å². The molecule has 0 bridgehead atoms. The van der Waals surface area contributed by atoms with Crippen molar-refractivity contribution in [2.24, 2.45) is 5.92 Å². The van der Waals surface area contributed by atoms with Gasteiger partial charge >= 0.3 is 0 Å². The number of nitrogens with one attached hydrogen (secondary N) is 2. The number of nitrogens with zero attached hydrogens (tertiary/aromatic N) is 4. The third kappa shape index (κ3) is 5.90. The fraction of sp³-hybridized carbons (Fsp3) is 0.737.